The molecule has 0 radical (unpaired) electrons. The zero-order chi connectivity index (χ0) is 19.9. The number of carbonyl (C=O) groups is 2. The Morgan fingerprint density at radius 3 is 2.25 bits per heavy atom. The molecule has 4 amide bonds. The van der Waals surface area contributed by atoms with E-state index in [0.717, 1.165) is 0 Å². The van der Waals surface area contributed by atoms with Crippen molar-refractivity contribution in [3.05, 3.63) is 64.9 Å². The Kier molecular flexibility index (Phi) is 6.71. The minimum atomic E-state index is -0.344. The summed E-state index contributed by atoms with van der Waals surface area (Å²) in [7, 11) is 0. The lowest BCUT2D eigenvalue weighted by molar-refractivity contribution is 0.195. The SMILES string of the molecule is O=C(NCc1ccccc1F)N1CCCN(C(=O)Nc2ccc(Cl)cc2)CC1. The smallest absolute Gasteiger partial charge is 0.321 e. The number of benzene rings is 2. The molecule has 0 saturated carbocycles. The van der Waals surface area contributed by atoms with Crippen LogP contribution in [0.25, 0.3) is 0 Å². The van der Waals surface area contributed by atoms with E-state index in [9.17, 15) is 14.0 Å². The van der Waals surface area contributed by atoms with Gasteiger partial charge in [-0.25, -0.2) is 14.0 Å². The molecule has 148 valence electrons. The van der Waals surface area contributed by atoms with Crippen LogP contribution in [0.15, 0.2) is 48.5 Å². The van der Waals surface area contributed by atoms with Gasteiger partial charge in [-0.3, -0.25) is 0 Å². The van der Waals surface area contributed by atoms with Gasteiger partial charge < -0.3 is 20.4 Å². The molecule has 2 N–H and O–H groups in total. The van der Waals surface area contributed by atoms with Crippen LogP contribution in [0, 0.1) is 5.82 Å². The Morgan fingerprint density at radius 1 is 0.929 bits per heavy atom. The van der Waals surface area contributed by atoms with Gasteiger partial charge in [0.15, 0.2) is 0 Å². The summed E-state index contributed by atoms with van der Waals surface area (Å²) in [4.78, 5) is 28.2. The monoisotopic (exact) mass is 404 g/mol. The Hall–Kier alpha value is -2.80. The number of hydrogen-bond donors (Lipinski definition) is 2. The molecule has 1 aliphatic heterocycles. The first-order valence-electron chi connectivity index (χ1n) is 9.10. The minimum absolute atomic E-state index is 0.128. The first-order valence-corrected chi connectivity index (χ1v) is 9.48. The van der Waals surface area contributed by atoms with Crippen molar-refractivity contribution in [3.8, 4) is 0 Å². The molecule has 2 aromatic rings. The van der Waals surface area contributed by atoms with Crippen LogP contribution >= 0.6 is 11.6 Å². The lowest BCUT2D eigenvalue weighted by Crippen LogP contribution is -2.43. The van der Waals surface area contributed by atoms with Crippen LogP contribution in [0.5, 0.6) is 0 Å². The van der Waals surface area contributed by atoms with Gasteiger partial charge >= 0.3 is 12.1 Å². The highest BCUT2D eigenvalue weighted by molar-refractivity contribution is 6.30. The van der Waals surface area contributed by atoms with Crippen molar-refractivity contribution in [2.24, 2.45) is 0 Å². The summed E-state index contributed by atoms with van der Waals surface area (Å²) in [6, 6.07) is 12.8. The van der Waals surface area contributed by atoms with Crippen molar-refractivity contribution in [1.29, 1.82) is 0 Å². The summed E-state index contributed by atoms with van der Waals surface area (Å²) in [6.45, 7) is 2.05. The van der Waals surface area contributed by atoms with E-state index in [1.807, 2.05) is 0 Å². The van der Waals surface area contributed by atoms with Crippen molar-refractivity contribution in [2.75, 3.05) is 31.5 Å². The number of nitrogens with one attached hydrogen (secondary N) is 2. The lowest BCUT2D eigenvalue weighted by atomic mass is 10.2. The summed E-state index contributed by atoms with van der Waals surface area (Å²) in [6.07, 6.45) is 0.668. The van der Waals surface area contributed by atoms with E-state index in [2.05, 4.69) is 10.6 Å². The molecule has 0 spiro atoms. The molecule has 8 heteroatoms. The second-order valence-electron chi connectivity index (χ2n) is 6.51. The Morgan fingerprint density at radius 2 is 1.57 bits per heavy atom. The fourth-order valence-corrected chi connectivity index (χ4v) is 3.11. The molecule has 2 aromatic carbocycles. The molecule has 0 atom stereocenters. The maximum atomic E-state index is 13.7. The van der Waals surface area contributed by atoms with Crippen molar-refractivity contribution in [3.63, 3.8) is 0 Å². The van der Waals surface area contributed by atoms with Gasteiger partial charge in [0.2, 0.25) is 0 Å². The largest absolute Gasteiger partial charge is 0.334 e. The molecule has 0 aromatic heterocycles. The lowest BCUT2D eigenvalue weighted by Gasteiger charge is -2.23. The molecular formula is C20H22ClFN4O2. The Labute approximate surface area is 168 Å². The highest BCUT2D eigenvalue weighted by Gasteiger charge is 2.22. The average molecular weight is 405 g/mol. The number of halogens is 2. The van der Waals surface area contributed by atoms with Gasteiger partial charge in [0.25, 0.3) is 0 Å². The summed E-state index contributed by atoms with van der Waals surface area (Å²) in [5, 5.41) is 6.17. The van der Waals surface area contributed by atoms with Crippen LogP contribution in [0.1, 0.15) is 12.0 Å². The van der Waals surface area contributed by atoms with E-state index in [1.165, 1.54) is 6.07 Å². The van der Waals surface area contributed by atoms with Crippen LogP contribution in [0.2, 0.25) is 5.02 Å². The average Bonchev–Trinajstić information content (AvgIpc) is 2.95. The number of amides is 4. The number of nitrogens with zero attached hydrogens (tertiary/aromatic N) is 2. The molecular weight excluding hydrogens is 383 g/mol. The predicted molar refractivity (Wildman–Crippen MR) is 107 cm³/mol. The molecule has 6 nitrogen and oxygen atoms in total. The number of rotatable bonds is 3. The van der Waals surface area contributed by atoms with Gasteiger partial charge in [-0.1, -0.05) is 29.8 Å². The highest BCUT2D eigenvalue weighted by Crippen LogP contribution is 2.14. The van der Waals surface area contributed by atoms with E-state index in [4.69, 9.17) is 11.6 Å². The van der Waals surface area contributed by atoms with Crippen LogP contribution in [0.4, 0.5) is 19.7 Å². The summed E-state index contributed by atoms with van der Waals surface area (Å²) >= 11 is 5.85. The normalized spacial score (nSPS) is 14.4. The van der Waals surface area contributed by atoms with E-state index in [1.54, 1.807) is 52.3 Å². The van der Waals surface area contributed by atoms with E-state index < -0.39 is 0 Å². The second kappa shape index (κ2) is 9.41. The second-order valence-corrected chi connectivity index (χ2v) is 6.95. The maximum absolute atomic E-state index is 13.7. The van der Waals surface area contributed by atoms with Crippen LogP contribution in [-0.2, 0) is 6.54 Å². The zero-order valence-corrected chi connectivity index (χ0v) is 16.1. The fraction of sp³-hybridized carbons (Fsp3) is 0.300. The Bertz CT molecular complexity index is 831. The molecule has 0 unspecified atom stereocenters. The van der Waals surface area contributed by atoms with Gasteiger partial charge in [0.05, 0.1) is 0 Å². The zero-order valence-electron chi connectivity index (χ0n) is 15.3. The summed E-state index contributed by atoms with van der Waals surface area (Å²) in [5.41, 5.74) is 1.10. The number of hydrogen-bond acceptors (Lipinski definition) is 2. The Balaban J connectivity index is 1.49. The van der Waals surface area contributed by atoms with Gasteiger partial charge in [0, 0.05) is 49.0 Å². The molecule has 1 heterocycles. The number of carbonyl (C=O) groups excluding carboxylic acids is 2. The van der Waals surface area contributed by atoms with E-state index in [0.29, 0.717) is 48.9 Å². The van der Waals surface area contributed by atoms with Gasteiger partial charge in [0.1, 0.15) is 5.82 Å². The molecule has 1 saturated heterocycles. The predicted octanol–water partition coefficient (Wildman–Crippen LogP) is 3.93. The summed E-state index contributed by atoms with van der Waals surface area (Å²) in [5.74, 6) is -0.344. The van der Waals surface area contributed by atoms with Crippen molar-refractivity contribution in [1.82, 2.24) is 15.1 Å². The van der Waals surface area contributed by atoms with Crippen molar-refractivity contribution < 1.29 is 14.0 Å². The van der Waals surface area contributed by atoms with Crippen LogP contribution < -0.4 is 10.6 Å². The highest BCUT2D eigenvalue weighted by atomic mass is 35.5. The summed E-state index contributed by atoms with van der Waals surface area (Å²) < 4.78 is 13.7. The molecule has 28 heavy (non-hydrogen) atoms. The first kappa shape index (κ1) is 19.9. The maximum Gasteiger partial charge on any atom is 0.321 e. The van der Waals surface area contributed by atoms with E-state index in [-0.39, 0.29) is 24.4 Å². The molecule has 0 bridgehead atoms. The van der Waals surface area contributed by atoms with Gasteiger partial charge in [-0.15, -0.1) is 0 Å². The minimum Gasteiger partial charge on any atom is -0.334 e. The first-order chi connectivity index (χ1) is 13.5. The molecule has 1 aliphatic rings. The molecule has 0 aliphatic carbocycles. The fourth-order valence-electron chi connectivity index (χ4n) is 2.98. The van der Waals surface area contributed by atoms with E-state index >= 15 is 0 Å². The number of anilines is 1. The third kappa shape index (κ3) is 5.36. The van der Waals surface area contributed by atoms with Crippen LogP contribution in [0.3, 0.4) is 0 Å². The van der Waals surface area contributed by atoms with Gasteiger partial charge in [-0.2, -0.15) is 0 Å². The number of urea groups is 2. The molecule has 1 fully saturated rings. The quantitative estimate of drug-likeness (QED) is 0.814. The molecule has 3 rings (SSSR count). The standard InChI is InChI=1S/C20H22ClFN4O2/c21-16-6-8-17(9-7-16)24-20(28)26-11-3-10-25(12-13-26)19(27)23-14-15-4-1-2-5-18(15)22/h1-2,4-9H,3,10-14H2,(H,23,27)(H,24,28). The van der Waals surface area contributed by atoms with Crippen molar-refractivity contribution in [2.45, 2.75) is 13.0 Å². The third-order valence-electron chi connectivity index (χ3n) is 4.55. The van der Waals surface area contributed by atoms with Crippen molar-refractivity contribution >= 4 is 29.4 Å². The third-order valence-corrected chi connectivity index (χ3v) is 4.81. The topological polar surface area (TPSA) is 64.7 Å². The van der Waals surface area contributed by atoms with Crippen LogP contribution in [-0.4, -0.2) is 48.0 Å². The van der Waals surface area contributed by atoms with Gasteiger partial charge in [-0.05, 0) is 36.8 Å².